The zero-order valence-electron chi connectivity index (χ0n) is 12.1. The molecule has 0 spiro atoms. The Kier molecular flexibility index (Phi) is 5.31. The van der Waals surface area contributed by atoms with Crippen LogP contribution in [0.5, 0.6) is 0 Å². The van der Waals surface area contributed by atoms with E-state index in [1.54, 1.807) is 24.3 Å². The van der Waals surface area contributed by atoms with Crippen LogP contribution in [0.25, 0.3) is 0 Å². The summed E-state index contributed by atoms with van der Waals surface area (Å²) in [7, 11) is 0. The van der Waals surface area contributed by atoms with Gasteiger partial charge in [0, 0.05) is 5.69 Å². The molecule has 0 radical (unpaired) electrons. The summed E-state index contributed by atoms with van der Waals surface area (Å²) in [6, 6.07) is 7.15. The van der Waals surface area contributed by atoms with Gasteiger partial charge in [0.05, 0.1) is 17.0 Å². The molecule has 1 saturated carbocycles. The van der Waals surface area contributed by atoms with E-state index in [0.29, 0.717) is 10.7 Å². The summed E-state index contributed by atoms with van der Waals surface area (Å²) in [5.74, 6) is -0.103. The molecule has 1 aromatic rings. The zero-order chi connectivity index (χ0) is 15.3. The number of carbonyl (C=O) groups is 1. The lowest BCUT2D eigenvalue weighted by atomic mass is 9.79. The number of aliphatic hydroxyl groups excluding tert-OH is 1. The lowest BCUT2D eigenvalue weighted by Gasteiger charge is -2.30. The van der Waals surface area contributed by atoms with Crippen LogP contribution in [0.1, 0.15) is 44.1 Å². The first-order valence-corrected chi connectivity index (χ1v) is 7.80. The third-order valence-electron chi connectivity index (χ3n) is 4.26. The fraction of sp³-hybridized carbons (Fsp3) is 0.500. The van der Waals surface area contributed by atoms with E-state index in [0.717, 1.165) is 44.1 Å². The second-order valence-electron chi connectivity index (χ2n) is 5.67. The number of nitrogens with one attached hydrogen (secondary N) is 1. The first-order chi connectivity index (χ1) is 10.1. The van der Waals surface area contributed by atoms with E-state index in [1.807, 2.05) is 0 Å². The molecule has 1 fully saturated rings. The molecule has 0 aromatic heterocycles. The highest BCUT2D eigenvalue weighted by molar-refractivity contribution is 7.80. The van der Waals surface area contributed by atoms with Crippen molar-refractivity contribution in [1.82, 2.24) is 0 Å². The maximum Gasteiger partial charge on any atom is 0.237 e. The van der Waals surface area contributed by atoms with Gasteiger partial charge in [-0.2, -0.15) is 0 Å². The Morgan fingerprint density at radius 1 is 1.19 bits per heavy atom. The summed E-state index contributed by atoms with van der Waals surface area (Å²) in [5.41, 5.74) is 6.71. The van der Waals surface area contributed by atoms with Crippen LogP contribution in [0.2, 0.25) is 0 Å². The quantitative estimate of drug-likeness (QED) is 0.590. The normalized spacial score (nSPS) is 17.8. The summed E-state index contributed by atoms with van der Waals surface area (Å²) in [6.07, 6.45) is 5.67. The molecule has 4 nitrogen and oxygen atoms in total. The Hall–Kier alpha value is -1.46. The Labute approximate surface area is 130 Å². The van der Waals surface area contributed by atoms with Crippen molar-refractivity contribution < 1.29 is 9.90 Å². The molecule has 0 saturated heterocycles. The number of nitrogens with two attached hydrogens (primary N) is 1. The van der Waals surface area contributed by atoms with E-state index in [4.69, 9.17) is 23.1 Å². The van der Waals surface area contributed by atoms with Crippen molar-refractivity contribution in [2.75, 3.05) is 5.32 Å². The van der Waals surface area contributed by atoms with Crippen molar-refractivity contribution in [2.24, 2.45) is 11.1 Å². The van der Waals surface area contributed by atoms with Gasteiger partial charge in [0.25, 0.3) is 0 Å². The monoisotopic (exact) mass is 306 g/mol. The Morgan fingerprint density at radius 3 is 2.24 bits per heavy atom. The van der Waals surface area contributed by atoms with E-state index in [9.17, 15) is 4.79 Å². The number of carbonyl (C=O) groups excluding carboxylic acids is 1. The molecule has 0 heterocycles. The number of thiocarbonyl (C=S) groups is 1. The van der Waals surface area contributed by atoms with Crippen LogP contribution >= 0.6 is 12.2 Å². The SMILES string of the molecule is NC(=S)C1(C(=O)Nc2ccc(CO)cc2)CCCCCC1. The number of rotatable bonds is 4. The number of amides is 1. The van der Waals surface area contributed by atoms with Gasteiger partial charge >= 0.3 is 0 Å². The molecular formula is C16H22N2O2S. The largest absolute Gasteiger partial charge is 0.392 e. The number of anilines is 1. The number of hydrogen-bond acceptors (Lipinski definition) is 3. The van der Waals surface area contributed by atoms with E-state index in [2.05, 4.69) is 5.32 Å². The van der Waals surface area contributed by atoms with Gasteiger partial charge in [-0.05, 0) is 30.5 Å². The number of hydrogen-bond donors (Lipinski definition) is 3. The molecule has 1 amide bonds. The van der Waals surface area contributed by atoms with Gasteiger partial charge in [0.1, 0.15) is 0 Å². The van der Waals surface area contributed by atoms with Crippen LogP contribution in [0.4, 0.5) is 5.69 Å². The summed E-state index contributed by atoms with van der Waals surface area (Å²) < 4.78 is 0. The van der Waals surface area contributed by atoms with Crippen molar-refractivity contribution in [3.8, 4) is 0 Å². The topological polar surface area (TPSA) is 75.4 Å². The highest BCUT2D eigenvalue weighted by atomic mass is 32.1. The van der Waals surface area contributed by atoms with Crippen molar-refractivity contribution in [2.45, 2.75) is 45.1 Å². The van der Waals surface area contributed by atoms with Gasteiger partial charge in [-0.15, -0.1) is 0 Å². The maximum atomic E-state index is 12.7. The van der Waals surface area contributed by atoms with Crippen molar-refractivity contribution >= 4 is 28.8 Å². The van der Waals surface area contributed by atoms with E-state index in [1.165, 1.54) is 0 Å². The van der Waals surface area contributed by atoms with E-state index >= 15 is 0 Å². The molecular weight excluding hydrogens is 284 g/mol. The molecule has 1 aliphatic rings. The minimum atomic E-state index is -0.721. The number of aliphatic hydroxyl groups is 1. The first kappa shape index (κ1) is 15.9. The van der Waals surface area contributed by atoms with Crippen LogP contribution < -0.4 is 11.1 Å². The summed E-state index contributed by atoms with van der Waals surface area (Å²) in [4.78, 5) is 13.0. The van der Waals surface area contributed by atoms with Gasteiger partial charge in [-0.3, -0.25) is 4.79 Å². The predicted molar refractivity (Wildman–Crippen MR) is 87.9 cm³/mol. The Bertz CT molecular complexity index is 506. The fourth-order valence-corrected chi connectivity index (χ4v) is 3.16. The molecule has 2 rings (SSSR count). The first-order valence-electron chi connectivity index (χ1n) is 7.40. The van der Waals surface area contributed by atoms with E-state index in [-0.39, 0.29) is 12.5 Å². The van der Waals surface area contributed by atoms with Gasteiger partial charge in [0.2, 0.25) is 5.91 Å². The van der Waals surface area contributed by atoms with E-state index < -0.39 is 5.41 Å². The molecule has 0 bridgehead atoms. The van der Waals surface area contributed by atoms with Crippen LogP contribution in [0.15, 0.2) is 24.3 Å². The predicted octanol–water partition coefficient (Wildman–Crippen LogP) is 2.74. The molecule has 114 valence electrons. The summed E-state index contributed by atoms with van der Waals surface area (Å²) in [6.45, 7) is -0.00888. The third-order valence-corrected chi connectivity index (χ3v) is 4.65. The molecule has 0 unspecified atom stereocenters. The smallest absolute Gasteiger partial charge is 0.237 e. The van der Waals surface area contributed by atoms with Crippen LogP contribution in [-0.2, 0) is 11.4 Å². The molecule has 0 aliphatic heterocycles. The van der Waals surface area contributed by atoms with Gasteiger partial charge in [-0.25, -0.2) is 0 Å². The molecule has 0 atom stereocenters. The minimum Gasteiger partial charge on any atom is -0.392 e. The summed E-state index contributed by atoms with van der Waals surface area (Å²) >= 11 is 5.20. The van der Waals surface area contributed by atoms with Gasteiger partial charge < -0.3 is 16.2 Å². The lowest BCUT2D eigenvalue weighted by molar-refractivity contribution is -0.122. The molecule has 1 aliphatic carbocycles. The Morgan fingerprint density at radius 2 is 1.76 bits per heavy atom. The van der Waals surface area contributed by atoms with Gasteiger partial charge in [0.15, 0.2) is 0 Å². The number of benzene rings is 1. The second kappa shape index (κ2) is 7.00. The third kappa shape index (κ3) is 3.60. The maximum absolute atomic E-state index is 12.7. The van der Waals surface area contributed by atoms with Gasteiger partial charge in [-0.1, -0.05) is 50.0 Å². The van der Waals surface area contributed by atoms with Crippen molar-refractivity contribution in [1.29, 1.82) is 0 Å². The standard InChI is InChI=1S/C16H22N2O2S/c17-14(21)16(9-3-1-2-4-10-16)15(20)18-13-7-5-12(11-19)6-8-13/h5-8,19H,1-4,9-11H2,(H2,17,21)(H,18,20). The van der Waals surface area contributed by atoms with Crippen LogP contribution in [0.3, 0.4) is 0 Å². The Balaban J connectivity index is 2.16. The molecule has 4 N–H and O–H groups in total. The molecule has 1 aromatic carbocycles. The van der Waals surface area contributed by atoms with Crippen LogP contribution in [0, 0.1) is 5.41 Å². The highest BCUT2D eigenvalue weighted by Gasteiger charge is 2.41. The lowest BCUT2D eigenvalue weighted by Crippen LogP contribution is -2.45. The second-order valence-corrected chi connectivity index (χ2v) is 6.11. The fourth-order valence-electron chi connectivity index (χ4n) is 2.86. The minimum absolute atomic E-state index is 0.00888. The van der Waals surface area contributed by atoms with Crippen molar-refractivity contribution in [3.05, 3.63) is 29.8 Å². The van der Waals surface area contributed by atoms with Crippen molar-refractivity contribution in [3.63, 3.8) is 0 Å². The molecule has 21 heavy (non-hydrogen) atoms. The average Bonchev–Trinajstić information content (AvgIpc) is 2.75. The average molecular weight is 306 g/mol. The highest BCUT2D eigenvalue weighted by Crippen LogP contribution is 2.36. The zero-order valence-corrected chi connectivity index (χ0v) is 12.9. The van der Waals surface area contributed by atoms with Crippen LogP contribution in [-0.4, -0.2) is 16.0 Å². The summed E-state index contributed by atoms with van der Waals surface area (Å²) in [5, 5.41) is 12.0. The molecule has 5 heteroatoms.